The lowest BCUT2D eigenvalue weighted by Crippen LogP contribution is -1.91. The largest absolute Gasteiger partial charge is 0.306 e. The van der Waals surface area contributed by atoms with Gasteiger partial charge < -0.3 is 0 Å². The molecule has 3 nitrogen and oxygen atoms in total. The first-order valence-electron chi connectivity index (χ1n) is 3.42. The van der Waals surface area contributed by atoms with Gasteiger partial charge in [0.2, 0.25) is 0 Å². The third-order valence-corrected chi connectivity index (χ3v) is 2.49. The maximum absolute atomic E-state index is 10.7. The minimum absolute atomic E-state index is 0.764. The van der Waals surface area contributed by atoms with E-state index in [4.69, 9.17) is 11.9 Å². The fourth-order valence-electron chi connectivity index (χ4n) is 0.747. The molecule has 0 aromatic heterocycles. The van der Waals surface area contributed by atoms with Crippen LogP contribution in [0.3, 0.4) is 0 Å². The highest BCUT2D eigenvalue weighted by Crippen LogP contribution is 2.05. The molecule has 0 N–H and O–H groups in total. The van der Waals surface area contributed by atoms with Crippen molar-refractivity contribution in [3.05, 3.63) is 41.3 Å². The van der Waals surface area contributed by atoms with Crippen molar-refractivity contribution in [1.29, 1.82) is 0 Å². The predicted molar refractivity (Wildman–Crippen MR) is 51.3 cm³/mol. The van der Waals surface area contributed by atoms with Gasteiger partial charge in [-0.2, -0.15) is 12.2 Å². The molecule has 0 saturated heterocycles. The Morgan fingerprint density at radius 1 is 1.23 bits per heavy atom. The zero-order valence-electron chi connectivity index (χ0n) is 6.55. The Morgan fingerprint density at radius 2 is 1.85 bits per heavy atom. The topological polar surface area (TPSA) is 43.4 Å². The van der Waals surface area contributed by atoms with Crippen molar-refractivity contribution in [2.24, 2.45) is 0 Å². The first-order valence-corrected chi connectivity index (χ1v) is 5.20. The van der Waals surface area contributed by atoms with Gasteiger partial charge in [0, 0.05) is 0 Å². The smallest absolute Gasteiger partial charge is 0.193 e. The number of rotatable bonds is 3. The quantitative estimate of drug-likeness (QED) is 0.781. The van der Waals surface area contributed by atoms with Crippen molar-refractivity contribution < 1.29 is 12.2 Å². The predicted octanol–water partition coefficient (Wildman–Crippen LogP) is 2.16. The van der Waals surface area contributed by atoms with Gasteiger partial charge in [-0.15, -0.1) is 0 Å². The first kappa shape index (κ1) is 10.2. The third kappa shape index (κ3) is 3.59. The van der Waals surface area contributed by atoms with Crippen LogP contribution in [-0.2, 0) is 13.9 Å². The van der Waals surface area contributed by atoms with E-state index in [1.165, 1.54) is 6.08 Å². The Hall–Kier alpha value is -0.840. The lowest BCUT2D eigenvalue weighted by atomic mass is 10.2. The van der Waals surface area contributed by atoms with Crippen LogP contribution < -0.4 is 0 Å². The Morgan fingerprint density at radius 3 is 2.38 bits per heavy atom. The summed E-state index contributed by atoms with van der Waals surface area (Å²) in [5.41, 5.74) is 0.764. The van der Waals surface area contributed by atoms with Gasteiger partial charge in [0.05, 0.1) is 17.3 Å². The monoisotopic (exact) mass is 218 g/mol. The normalized spacial score (nSPS) is 12.1. The van der Waals surface area contributed by atoms with Crippen molar-refractivity contribution in [2.45, 2.75) is 0 Å². The van der Waals surface area contributed by atoms with Crippen LogP contribution in [0.15, 0.2) is 35.7 Å². The summed E-state index contributed by atoms with van der Waals surface area (Å²) in [6, 6.07) is 8.96. The van der Waals surface area contributed by atoms with E-state index in [2.05, 4.69) is 3.74 Å². The number of halogens is 1. The molecule has 70 valence electrons. The summed E-state index contributed by atoms with van der Waals surface area (Å²) in [5.74, 6) is 0. The lowest BCUT2D eigenvalue weighted by molar-refractivity contribution is 0.520. The molecule has 0 heterocycles. The summed E-state index contributed by atoms with van der Waals surface area (Å²) in [7, 11) is -3.73. The molecule has 0 aliphatic carbocycles. The summed E-state index contributed by atoms with van der Waals surface area (Å²) >= 11 is 4.72. The van der Waals surface area contributed by atoms with Crippen molar-refractivity contribution >= 4 is 28.1 Å². The SMILES string of the molecule is O=S(=O)(C=Cc1ccccc1)OCl. The lowest BCUT2D eigenvalue weighted by Gasteiger charge is -1.91. The van der Waals surface area contributed by atoms with Gasteiger partial charge in [-0.3, -0.25) is 0 Å². The van der Waals surface area contributed by atoms with E-state index in [-0.39, 0.29) is 0 Å². The molecule has 0 bridgehead atoms. The highest BCUT2D eigenvalue weighted by molar-refractivity contribution is 7.90. The Labute approximate surface area is 81.9 Å². The van der Waals surface area contributed by atoms with E-state index in [1.807, 2.05) is 6.07 Å². The van der Waals surface area contributed by atoms with Crippen LogP contribution in [0.1, 0.15) is 5.56 Å². The molecule has 1 aromatic rings. The molecule has 1 aromatic carbocycles. The molecule has 0 amide bonds. The van der Waals surface area contributed by atoms with Gasteiger partial charge in [0.1, 0.15) is 0 Å². The van der Waals surface area contributed by atoms with E-state index in [9.17, 15) is 8.42 Å². The maximum Gasteiger partial charge on any atom is 0.306 e. The zero-order valence-corrected chi connectivity index (χ0v) is 8.12. The molecule has 0 fully saturated rings. The van der Waals surface area contributed by atoms with Gasteiger partial charge in [0.25, 0.3) is 0 Å². The first-order chi connectivity index (χ1) is 6.14. The van der Waals surface area contributed by atoms with E-state index in [0.717, 1.165) is 11.0 Å². The van der Waals surface area contributed by atoms with E-state index < -0.39 is 10.1 Å². The second-order valence-corrected chi connectivity index (χ2v) is 4.03. The minimum Gasteiger partial charge on any atom is -0.193 e. The van der Waals surface area contributed by atoms with E-state index >= 15 is 0 Å². The maximum atomic E-state index is 10.7. The molecular formula is C8H7ClO3S. The average Bonchev–Trinajstić information content (AvgIpc) is 2.17. The molecular weight excluding hydrogens is 212 g/mol. The molecule has 1 rings (SSSR count). The number of hydrogen-bond acceptors (Lipinski definition) is 3. The Kier molecular flexibility index (Phi) is 3.48. The molecule has 13 heavy (non-hydrogen) atoms. The number of benzene rings is 1. The number of hydrogen-bond donors (Lipinski definition) is 0. The summed E-state index contributed by atoms with van der Waals surface area (Å²) in [5, 5.41) is 0.898. The highest BCUT2D eigenvalue weighted by atomic mass is 35.5. The van der Waals surface area contributed by atoms with Gasteiger partial charge in [0.15, 0.2) is 0 Å². The van der Waals surface area contributed by atoms with Gasteiger partial charge in [-0.25, -0.2) is 0 Å². The van der Waals surface area contributed by atoms with Crippen LogP contribution in [0.4, 0.5) is 0 Å². The summed E-state index contributed by atoms with van der Waals surface area (Å²) in [4.78, 5) is 0. The molecule has 0 saturated carbocycles. The van der Waals surface area contributed by atoms with E-state index in [1.54, 1.807) is 24.3 Å². The summed E-state index contributed by atoms with van der Waals surface area (Å²) in [6.45, 7) is 0. The van der Waals surface area contributed by atoms with Crippen molar-refractivity contribution in [2.75, 3.05) is 0 Å². The average molecular weight is 219 g/mol. The van der Waals surface area contributed by atoms with Gasteiger partial charge >= 0.3 is 10.1 Å². The van der Waals surface area contributed by atoms with Gasteiger partial charge in [-0.1, -0.05) is 30.3 Å². The van der Waals surface area contributed by atoms with E-state index in [0.29, 0.717) is 0 Å². The van der Waals surface area contributed by atoms with Crippen LogP contribution >= 0.6 is 11.9 Å². The second-order valence-electron chi connectivity index (χ2n) is 2.27. The fourth-order valence-corrected chi connectivity index (χ4v) is 1.24. The second kappa shape index (κ2) is 4.41. The zero-order chi connectivity index (χ0) is 9.73. The molecule has 0 aliphatic heterocycles. The van der Waals surface area contributed by atoms with Crippen LogP contribution in [0.5, 0.6) is 0 Å². The molecule has 0 radical (unpaired) electrons. The molecule has 0 unspecified atom stereocenters. The van der Waals surface area contributed by atoms with Gasteiger partial charge in [-0.05, 0) is 11.6 Å². The standard InChI is InChI=1S/C8H7ClO3S/c9-12-13(10,11)7-6-8-4-2-1-3-5-8/h1-7H. The molecule has 0 aliphatic rings. The molecule has 0 atom stereocenters. The van der Waals surface area contributed by atoms with Crippen molar-refractivity contribution in [1.82, 2.24) is 0 Å². The third-order valence-electron chi connectivity index (χ3n) is 1.31. The van der Waals surface area contributed by atoms with Crippen molar-refractivity contribution in [3.8, 4) is 0 Å². The Balaban J connectivity index is 2.82. The van der Waals surface area contributed by atoms with Crippen molar-refractivity contribution in [3.63, 3.8) is 0 Å². The fraction of sp³-hybridized carbons (Fsp3) is 0. The van der Waals surface area contributed by atoms with Crippen LogP contribution in [0, 0.1) is 0 Å². The van der Waals surface area contributed by atoms with Crippen LogP contribution in [0.25, 0.3) is 6.08 Å². The summed E-state index contributed by atoms with van der Waals surface area (Å²) < 4.78 is 25.2. The molecule has 0 spiro atoms. The summed E-state index contributed by atoms with van der Waals surface area (Å²) in [6.07, 6.45) is 1.40. The molecule has 5 heteroatoms. The van der Waals surface area contributed by atoms with Crippen LogP contribution in [0.2, 0.25) is 0 Å². The highest BCUT2D eigenvalue weighted by Gasteiger charge is 2.02. The van der Waals surface area contributed by atoms with Crippen LogP contribution in [-0.4, -0.2) is 8.42 Å². The minimum atomic E-state index is -3.73. The Bertz CT molecular complexity index is 383.